The van der Waals surface area contributed by atoms with Gasteiger partial charge >= 0.3 is 0 Å². The van der Waals surface area contributed by atoms with Gasteiger partial charge in [-0.25, -0.2) is 0 Å². The molecule has 4 heteroatoms. The Hall–Kier alpha value is -1.39. The molecule has 0 bridgehead atoms. The summed E-state index contributed by atoms with van der Waals surface area (Å²) in [6, 6.07) is 14.8. The van der Waals surface area contributed by atoms with Crippen LogP contribution in [0.2, 0.25) is 5.02 Å². The standard InChI is InChI=1S/C16H15ClO3/c17-14-7-5-12(6-8-14)15(18)11-1-3-13(4-2-11)16-19-9-10-20-16/h1-8,15-16,18H,9-10H2. The lowest BCUT2D eigenvalue weighted by Gasteiger charge is -2.14. The van der Waals surface area contributed by atoms with Crippen LogP contribution in [0.25, 0.3) is 0 Å². The van der Waals surface area contributed by atoms with Crippen LogP contribution in [0.15, 0.2) is 48.5 Å². The number of benzene rings is 2. The van der Waals surface area contributed by atoms with Crippen LogP contribution in [0, 0.1) is 0 Å². The van der Waals surface area contributed by atoms with Crippen molar-refractivity contribution in [2.75, 3.05) is 13.2 Å². The molecule has 3 rings (SSSR count). The molecule has 1 heterocycles. The van der Waals surface area contributed by atoms with Crippen molar-refractivity contribution in [1.29, 1.82) is 0 Å². The molecule has 0 amide bonds. The zero-order valence-electron chi connectivity index (χ0n) is 10.8. The Kier molecular flexibility index (Phi) is 4.03. The quantitative estimate of drug-likeness (QED) is 0.941. The van der Waals surface area contributed by atoms with Crippen molar-refractivity contribution in [3.05, 3.63) is 70.2 Å². The topological polar surface area (TPSA) is 38.7 Å². The molecule has 1 fully saturated rings. The summed E-state index contributed by atoms with van der Waals surface area (Å²) < 4.78 is 10.9. The largest absolute Gasteiger partial charge is 0.384 e. The van der Waals surface area contributed by atoms with Crippen LogP contribution in [-0.2, 0) is 9.47 Å². The summed E-state index contributed by atoms with van der Waals surface area (Å²) in [5, 5.41) is 11.0. The SMILES string of the molecule is OC(c1ccc(Cl)cc1)c1ccc(C2OCCO2)cc1. The smallest absolute Gasteiger partial charge is 0.184 e. The monoisotopic (exact) mass is 290 g/mol. The molecule has 0 radical (unpaired) electrons. The van der Waals surface area contributed by atoms with E-state index >= 15 is 0 Å². The molecule has 1 unspecified atom stereocenters. The average molecular weight is 291 g/mol. The van der Waals surface area contributed by atoms with E-state index in [-0.39, 0.29) is 6.29 Å². The number of aliphatic hydroxyl groups is 1. The van der Waals surface area contributed by atoms with Gasteiger partial charge in [0.05, 0.1) is 13.2 Å². The molecule has 2 aromatic rings. The van der Waals surface area contributed by atoms with E-state index in [1.807, 2.05) is 36.4 Å². The first-order valence-corrected chi connectivity index (χ1v) is 6.88. The maximum atomic E-state index is 10.3. The molecule has 0 aliphatic carbocycles. The number of hydrogen-bond acceptors (Lipinski definition) is 3. The van der Waals surface area contributed by atoms with Gasteiger partial charge in [0.25, 0.3) is 0 Å². The van der Waals surface area contributed by atoms with E-state index in [4.69, 9.17) is 21.1 Å². The van der Waals surface area contributed by atoms with Gasteiger partial charge in [-0.1, -0.05) is 48.0 Å². The molecule has 1 saturated heterocycles. The Bertz CT molecular complexity index is 559. The minimum Gasteiger partial charge on any atom is -0.384 e. The summed E-state index contributed by atoms with van der Waals surface area (Å²) in [6.07, 6.45) is -0.941. The minimum atomic E-state index is -0.660. The lowest BCUT2D eigenvalue weighted by atomic mass is 10.0. The van der Waals surface area contributed by atoms with E-state index in [1.54, 1.807) is 12.1 Å². The van der Waals surface area contributed by atoms with Crippen LogP contribution >= 0.6 is 11.6 Å². The predicted octanol–water partition coefficient (Wildman–Crippen LogP) is 3.47. The van der Waals surface area contributed by atoms with Crippen molar-refractivity contribution in [3.63, 3.8) is 0 Å². The van der Waals surface area contributed by atoms with Crippen molar-refractivity contribution in [1.82, 2.24) is 0 Å². The molecule has 1 aliphatic rings. The molecule has 104 valence electrons. The van der Waals surface area contributed by atoms with E-state index in [0.717, 1.165) is 16.7 Å². The molecular formula is C16H15ClO3. The van der Waals surface area contributed by atoms with Crippen molar-refractivity contribution in [2.24, 2.45) is 0 Å². The second kappa shape index (κ2) is 5.94. The highest BCUT2D eigenvalue weighted by atomic mass is 35.5. The van der Waals surface area contributed by atoms with Crippen molar-refractivity contribution in [3.8, 4) is 0 Å². The molecule has 0 spiro atoms. The first kappa shape index (κ1) is 13.6. The third kappa shape index (κ3) is 2.86. The maximum Gasteiger partial charge on any atom is 0.184 e. The molecule has 0 saturated carbocycles. The molecular weight excluding hydrogens is 276 g/mol. The molecule has 2 aromatic carbocycles. The van der Waals surface area contributed by atoms with Gasteiger partial charge in [0.2, 0.25) is 0 Å². The van der Waals surface area contributed by atoms with Crippen LogP contribution in [0.4, 0.5) is 0 Å². The number of aliphatic hydroxyl groups excluding tert-OH is 1. The first-order chi connectivity index (χ1) is 9.74. The fourth-order valence-electron chi connectivity index (χ4n) is 2.22. The third-order valence-corrected chi connectivity index (χ3v) is 3.58. The molecule has 1 aliphatic heterocycles. The second-order valence-electron chi connectivity index (χ2n) is 4.69. The summed E-state index contributed by atoms with van der Waals surface area (Å²) in [4.78, 5) is 0. The van der Waals surface area contributed by atoms with Gasteiger partial charge in [0, 0.05) is 10.6 Å². The Morgan fingerprint density at radius 3 is 1.95 bits per heavy atom. The summed E-state index contributed by atoms with van der Waals surface area (Å²) in [6.45, 7) is 1.25. The maximum absolute atomic E-state index is 10.3. The highest BCUT2D eigenvalue weighted by molar-refractivity contribution is 6.30. The molecule has 3 nitrogen and oxygen atoms in total. The van der Waals surface area contributed by atoms with Gasteiger partial charge in [-0.15, -0.1) is 0 Å². The average Bonchev–Trinajstić information content (AvgIpc) is 3.02. The number of halogens is 1. The predicted molar refractivity (Wildman–Crippen MR) is 76.6 cm³/mol. The summed E-state index contributed by atoms with van der Waals surface area (Å²) in [7, 11) is 0. The number of hydrogen-bond donors (Lipinski definition) is 1. The van der Waals surface area contributed by atoms with E-state index < -0.39 is 6.10 Å². The second-order valence-corrected chi connectivity index (χ2v) is 5.13. The highest BCUT2D eigenvalue weighted by Crippen LogP contribution is 2.27. The van der Waals surface area contributed by atoms with Gasteiger partial charge in [-0.05, 0) is 23.3 Å². The van der Waals surface area contributed by atoms with Crippen LogP contribution in [-0.4, -0.2) is 18.3 Å². The van der Waals surface area contributed by atoms with Gasteiger partial charge in [-0.3, -0.25) is 0 Å². The van der Waals surface area contributed by atoms with Gasteiger partial charge in [0.1, 0.15) is 6.10 Å². The number of rotatable bonds is 3. The van der Waals surface area contributed by atoms with Crippen molar-refractivity contribution >= 4 is 11.6 Å². The number of ether oxygens (including phenoxy) is 2. The normalized spacial score (nSPS) is 17.3. The molecule has 1 atom stereocenters. The van der Waals surface area contributed by atoms with E-state index in [2.05, 4.69) is 0 Å². The van der Waals surface area contributed by atoms with Crippen molar-refractivity contribution in [2.45, 2.75) is 12.4 Å². The van der Waals surface area contributed by atoms with Gasteiger partial charge in [-0.2, -0.15) is 0 Å². The lowest BCUT2D eigenvalue weighted by Crippen LogP contribution is -2.02. The minimum absolute atomic E-state index is 0.281. The van der Waals surface area contributed by atoms with E-state index in [1.165, 1.54) is 0 Å². The first-order valence-electron chi connectivity index (χ1n) is 6.50. The van der Waals surface area contributed by atoms with Gasteiger partial charge < -0.3 is 14.6 Å². The summed E-state index contributed by atoms with van der Waals surface area (Å²) >= 11 is 5.85. The van der Waals surface area contributed by atoms with E-state index in [0.29, 0.717) is 18.2 Å². The van der Waals surface area contributed by atoms with Crippen LogP contribution in [0.3, 0.4) is 0 Å². The van der Waals surface area contributed by atoms with Gasteiger partial charge in [0.15, 0.2) is 6.29 Å². The molecule has 1 N–H and O–H groups in total. The zero-order chi connectivity index (χ0) is 13.9. The highest BCUT2D eigenvalue weighted by Gasteiger charge is 2.18. The Labute approximate surface area is 122 Å². The Morgan fingerprint density at radius 2 is 1.40 bits per heavy atom. The fourth-order valence-corrected chi connectivity index (χ4v) is 2.35. The van der Waals surface area contributed by atoms with Crippen LogP contribution < -0.4 is 0 Å². The molecule has 0 aromatic heterocycles. The third-order valence-electron chi connectivity index (χ3n) is 3.33. The summed E-state index contributed by atoms with van der Waals surface area (Å²) in [5.74, 6) is 0. The van der Waals surface area contributed by atoms with E-state index in [9.17, 15) is 5.11 Å². The zero-order valence-corrected chi connectivity index (χ0v) is 11.6. The Balaban J connectivity index is 1.78. The van der Waals surface area contributed by atoms with Crippen LogP contribution in [0.1, 0.15) is 29.1 Å². The Morgan fingerprint density at radius 1 is 0.900 bits per heavy atom. The van der Waals surface area contributed by atoms with Crippen LogP contribution in [0.5, 0.6) is 0 Å². The lowest BCUT2D eigenvalue weighted by molar-refractivity contribution is -0.0441. The summed E-state index contributed by atoms with van der Waals surface area (Å²) in [5.41, 5.74) is 2.61. The van der Waals surface area contributed by atoms with Crippen molar-refractivity contribution < 1.29 is 14.6 Å². The molecule has 20 heavy (non-hydrogen) atoms. The fraction of sp³-hybridized carbons (Fsp3) is 0.250.